The van der Waals surface area contributed by atoms with Crippen LogP contribution >= 0.6 is 28.1 Å². The molecule has 0 radical (unpaired) electrons. The molecular formula is C25H21BrN2O3S. The van der Waals surface area contributed by atoms with Crippen LogP contribution in [0.15, 0.2) is 83.0 Å². The monoisotopic (exact) mass is 508 g/mol. The van der Waals surface area contributed by atoms with Crippen molar-refractivity contribution in [1.29, 1.82) is 0 Å². The Morgan fingerprint density at radius 1 is 1.03 bits per heavy atom. The van der Waals surface area contributed by atoms with Crippen molar-refractivity contribution in [1.82, 2.24) is 4.90 Å². The molecule has 3 aromatic rings. The van der Waals surface area contributed by atoms with Crippen molar-refractivity contribution in [2.75, 3.05) is 19.1 Å². The van der Waals surface area contributed by atoms with Gasteiger partial charge in [-0.25, -0.2) is 0 Å². The number of likely N-dealkylation sites (N-methyl/N-ethyl adjacent to an activating group) is 1. The van der Waals surface area contributed by atoms with Crippen molar-refractivity contribution in [3.8, 4) is 11.5 Å². The summed E-state index contributed by atoms with van der Waals surface area (Å²) in [7, 11) is 3.38. The number of benzene rings is 3. The molecule has 0 spiro atoms. The number of para-hydroxylation sites is 1. The zero-order valence-corrected chi connectivity index (χ0v) is 20.0. The molecule has 0 aliphatic carbocycles. The van der Waals surface area contributed by atoms with Crippen molar-refractivity contribution in [2.24, 2.45) is 0 Å². The smallest absolute Gasteiger partial charge is 0.281 e. The standard InChI is InChI=1S/C25H21BrN2O3S/c1-27-21(24(29)28(25(27)32)19-11-7-4-8-12-19)14-18-13-20(26)23(22(15-18)30-2)31-16-17-9-5-3-6-10-17/h3-15H,16H2,1-2H3/b21-14-. The number of amides is 1. The lowest BCUT2D eigenvalue weighted by molar-refractivity contribution is -0.114. The van der Waals surface area contributed by atoms with E-state index < -0.39 is 0 Å². The van der Waals surface area contributed by atoms with Gasteiger partial charge in [0.05, 0.1) is 17.3 Å². The van der Waals surface area contributed by atoms with E-state index in [1.807, 2.05) is 72.8 Å². The average Bonchev–Trinajstić information content (AvgIpc) is 3.02. The van der Waals surface area contributed by atoms with Crippen LogP contribution in [0.5, 0.6) is 11.5 Å². The van der Waals surface area contributed by atoms with Gasteiger partial charge in [-0.05, 0) is 69.6 Å². The van der Waals surface area contributed by atoms with Crippen molar-refractivity contribution in [3.63, 3.8) is 0 Å². The van der Waals surface area contributed by atoms with Crippen LogP contribution < -0.4 is 14.4 Å². The summed E-state index contributed by atoms with van der Waals surface area (Å²) in [5, 5.41) is 0.432. The lowest BCUT2D eigenvalue weighted by Crippen LogP contribution is -2.30. The first-order chi connectivity index (χ1) is 15.5. The molecule has 1 heterocycles. The van der Waals surface area contributed by atoms with Crippen LogP contribution in [0.1, 0.15) is 11.1 Å². The summed E-state index contributed by atoms with van der Waals surface area (Å²) in [6, 6.07) is 23.0. The molecule has 0 aromatic heterocycles. The number of halogens is 1. The van der Waals surface area contributed by atoms with E-state index >= 15 is 0 Å². The summed E-state index contributed by atoms with van der Waals surface area (Å²) in [6.07, 6.45) is 1.80. The number of thiocarbonyl (C=S) groups is 1. The molecule has 0 bridgehead atoms. The molecule has 5 nitrogen and oxygen atoms in total. The number of carbonyl (C=O) groups excluding carboxylic acids is 1. The SMILES string of the molecule is COc1cc(/C=C2/C(=O)N(c3ccccc3)C(=S)N2C)cc(Br)c1OCc1ccccc1. The maximum absolute atomic E-state index is 13.2. The fraction of sp³-hybridized carbons (Fsp3) is 0.120. The van der Waals surface area contributed by atoms with E-state index in [1.54, 1.807) is 25.1 Å². The van der Waals surface area contributed by atoms with Crippen LogP contribution in [0.4, 0.5) is 5.69 Å². The minimum Gasteiger partial charge on any atom is -0.493 e. The Hall–Kier alpha value is -3.16. The van der Waals surface area contributed by atoms with Gasteiger partial charge in [0.2, 0.25) is 0 Å². The third kappa shape index (κ3) is 4.40. The van der Waals surface area contributed by atoms with Crippen LogP contribution in [-0.2, 0) is 11.4 Å². The van der Waals surface area contributed by atoms with Crippen molar-refractivity contribution in [2.45, 2.75) is 6.61 Å². The summed E-state index contributed by atoms with van der Waals surface area (Å²) in [6.45, 7) is 0.414. The number of hydrogen-bond donors (Lipinski definition) is 0. The quantitative estimate of drug-likeness (QED) is 0.318. The summed E-state index contributed by atoms with van der Waals surface area (Å²) < 4.78 is 12.3. The van der Waals surface area contributed by atoms with E-state index in [0.29, 0.717) is 28.9 Å². The van der Waals surface area contributed by atoms with Gasteiger partial charge in [0.25, 0.3) is 5.91 Å². The fourth-order valence-corrected chi connectivity index (χ4v) is 4.27. The minimum absolute atomic E-state index is 0.178. The topological polar surface area (TPSA) is 42.0 Å². The highest BCUT2D eigenvalue weighted by Crippen LogP contribution is 2.38. The van der Waals surface area contributed by atoms with Crippen LogP contribution in [0.25, 0.3) is 6.08 Å². The highest BCUT2D eigenvalue weighted by Gasteiger charge is 2.36. The Kier molecular flexibility index (Phi) is 6.58. The van der Waals surface area contributed by atoms with Gasteiger partial charge in [-0.15, -0.1) is 0 Å². The van der Waals surface area contributed by atoms with Crippen molar-refractivity contribution < 1.29 is 14.3 Å². The van der Waals surface area contributed by atoms with Gasteiger partial charge in [0.15, 0.2) is 16.6 Å². The molecule has 162 valence electrons. The van der Waals surface area contributed by atoms with Crippen molar-refractivity contribution >= 4 is 50.9 Å². The highest BCUT2D eigenvalue weighted by atomic mass is 79.9. The van der Waals surface area contributed by atoms with E-state index in [2.05, 4.69) is 15.9 Å². The first-order valence-corrected chi connectivity index (χ1v) is 11.1. The second-order valence-corrected chi connectivity index (χ2v) is 8.38. The first kappa shape index (κ1) is 22.0. The number of rotatable bonds is 6. The molecular weight excluding hydrogens is 488 g/mol. The van der Waals surface area contributed by atoms with Gasteiger partial charge in [-0.3, -0.25) is 9.69 Å². The number of methoxy groups -OCH3 is 1. The van der Waals surface area contributed by atoms with E-state index in [0.717, 1.165) is 21.3 Å². The Morgan fingerprint density at radius 3 is 2.34 bits per heavy atom. The Balaban J connectivity index is 1.63. The summed E-state index contributed by atoms with van der Waals surface area (Å²) >= 11 is 9.11. The molecule has 4 rings (SSSR count). The highest BCUT2D eigenvalue weighted by molar-refractivity contribution is 9.10. The Morgan fingerprint density at radius 2 is 1.69 bits per heavy atom. The molecule has 1 aliphatic rings. The van der Waals surface area contributed by atoms with Crippen LogP contribution in [0.2, 0.25) is 0 Å². The van der Waals surface area contributed by atoms with Crippen molar-refractivity contribution in [3.05, 3.63) is 94.1 Å². The van der Waals surface area contributed by atoms with E-state index in [1.165, 1.54) is 4.90 Å². The molecule has 1 aliphatic heterocycles. The zero-order valence-electron chi connectivity index (χ0n) is 17.6. The molecule has 32 heavy (non-hydrogen) atoms. The number of ether oxygens (including phenoxy) is 2. The molecule has 0 atom stereocenters. The van der Waals surface area contributed by atoms with E-state index in [9.17, 15) is 4.79 Å². The van der Waals surface area contributed by atoms with Gasteiger partial charge in [0, 0.05) is 7.05 Å². The predicted octanol–water partition coefficient (Wildman–Crippen LogP) is 5.64. The minimum atomic E-state index is -0.178. The van der Waals surface area contributed by atoms with Crippen LogP contribution in [0, 0.1) is 0 Å². The zero-order chi connectivity index (χ0) is 22.7. The molecule has 0 saturated carbocycles. The number of nitrogens with zero attached hydrogens (tertiary/aromatic N) is 2. The van der Waals surface area contributed by atoms with Gasteiger partial charge in [-0.2, -0.15) is 0 Å². The second-order valence-electron chi connectivity index (χ2n) is 7.16. The molecule has 7 heteroatoms. The average molecular weight is 509 g/mol. The maximum atomic E-state index is 13.2. The van der Waals surface area contributed by atoms with E-state index in [4.69, 9.17) is 21.7 Å². The third-order valence-electron chi connectivity index (χ3n) is 5.06. The summed E-state index contributed by atoms with van der Waals surface area (Å²) in [5.74, 6) is 0.993. The lowest BCUT2D eigenvalue weighted by atomic mass is 10.1. The van der Waals surface area contributed by atoms with E-state index in [-0.39, 0.29) is 5.91 Å². The Labute approximate surface area is 201 Å². The van der Waals surface area contributed by atoms with Gasteiger partial charge in [0.1, 0.15) is 12.3 Å². The summed E-state index contributed by atoms with van der Waals surface area (Å²) in [4.78, 5) is 16.4. The summed E-state index contributed by atoms with van der Waals surface area (Å²) in [5.41, 5.74) is 3.06. The molecule has 1 amide bonds. The Bertz CT molecular complexity index is 1180. The van der Waals surface area contributed by atoms with Gasteiger partial charge >= 0.3 is 0 Å². The molecule has 0 unspecified atom stereocenters. The first-order valence-electron chi connectivity index (χ1n) is 9.92. The lowest BCUT2D eigenvalue weighted by Gasteiger charge is -2.16. The maximum Gasteiger partial charge on any atom is 0.281 e. The largest absolute Gasteiger partial charge is 0.493 e. The van der Waals surface area contributed by atoms with Gasteiger partial charge in [-0.1, -0.05) is 48.5 Å². The van der Waals surface area contributed by atoms with Gasteiger partial charge < -0.3 is 14.4 Å². The molecule has 3 aromatic carbocycles. The molecule has 1 fully saturated rings. The fourth-order valence-electron chi connectivity index (χ4n) is 3.41. The molecule has 1 saturated heterocycles. The second kappa shape index (κ2) is 9.54. The number of hydrogen-bond acceptors (Lipinski definition) is 4. The number of anilines is 1. The third-order valence-corrected chi connectivity index (χ3v) is 6.10. The normalized spacial score (nSPS) is 14.9. The predicted molar refractivity (Wildman–Crippen MR) is 134 cm³/mol. The number of carbonyl (C=O) groups is 1. The van der Waals surface area contributed by atoms with Crippen LogP contribution in [0.3, 0.4) is 0 Å². The molecule has 0 N–H and O–H groups in total. The van der Waals surface area contributed by atoms with Crippen LogP contribution in [-0.4, -0.2) is 30.1 Å².